The van der Waals surface area contributed by atoms with E-state index in [9.17, 15) is 4.79 Å². The maximum Gasteiger partial charge on any atom is 0.260 e. The van der Waals surface area contributed by atoms with Gasteiger partial charge in [-0.05, 0) is 30.4 Å². The standard InChI is InChI=1S/C11H12ClN3OS/c12-10-5-9-8(11(16)14-10)6-13-15(9)7-1-3-17-4-2-7/h5-7H,1-4H2,(H,14,16). The summed E-state index contributed by atoms with van der Waals surface area (Å²) in [4.78, 5) is 14.3. The lowest BCUT2D eigenvalue weighted by molar-refractivity contribution is 0.439. The van der Waals surface area contributed by atoms with E-state index < -0.39 is 0 Å². The molecule has 17 heavy (non-hydrogen) atoms. The largest absolute Gasteiger partial charge is 0.312 e. The van der Waals surface area contributed by atoms with Crippen LogP contribution >= 0.6 is 23.4 Å². The molecule has 1 aliphatic rings. The van der Waals surface area contributed by atoms with Crippen LogP contribution in [0.5, 0.6) is 0 Å². The summed E-state index contributed by atoms with van der Waals surface area (Å²) in [5.74, 6) is 2.31. The number of halogens is 1. The molecule has 0 aromatic carbocycles. The maximum atomic E-state index is 11.7. The molecule has 0 unspecified atom stereocenters. The Balaban J connectivity index is 2.13. The second kappa shape index (κ2) is 4.38. The molecule has 2 aromatic heterocycles. The monoisotopic (exact) mass is 269 g/mol. The van der Waals surface area contributed by atoms with Gasteiger partial charge in [0.1, 0.15) is 5.15 Å². The molecule has 0 spiro atoms. The van der Waals surface area contributed by atoms with Crippen LogP contribution in [0.1, 0.15) is 18.9 Å². The molecule has 0 amide bonds. The van der Waals surface area contributed by atoms with Gasteiger partial charge >= 0.3 is 0 Å². The Labute approximate surface area is 107 Å². The lowest BCUT2D eigenvalue weighted by Gasteiger charge is -2.22. The fourth-order valence-electron chi connectivity index (χ4n) is 2.24. The quantitative estimate of drug-likeness (QED) is 0.809. The van der Waals surface area contributed by atoms with Gasteiger partial charge in [0.2, 0.25) is 0 Å². The number of hydrogen-bond donors (Lipinski definition) is 1. The molecule has 0 radical (unpaired) electrons. The minimum absolute atomic E-state index is 0.163. The summed E-state index contributed by atoms with van der Waals surface area (Å²) in [7, 11) is 0. The number of aromatic amines is 1. The van der Waals surface area contributed by atoms with E-state index in [2.05, 4.69) is 10.1 Å². The van der Waals surface area contributed by atoms with Crippen molar-refractivity contribution in [3.8, 4) is 0 Å². The van der Waals surface area contributed by atoms with Crippen LogP contribution in [0.3, 0.4) is 0 Å². The van der Waals surface area contributed by atoms with Crippen LogP contribution in [-0.4, -0.2) is 26.3 Å². The zero-order chi connectivity index (χ0) is 11.8. The third kappa shape index (κ3) is 1.98. The van der Waals surface area contributed by atoms with Crippen molar-refractivity contribution in [2.45, 2.75) is 18.9 Å². The first-order valence-electron chi connectivity index (χ1n) is 5.59. The van der Waals surface area contributed by atoms with Crippen LogP contribution in [-0.2, 0) is 0 Å². The number of nitrogens with zero attached hydrogens (tertiary/aromatic N) is 2. The average Bonchev–Trinajstić information content (AvgIpc) is 2.74. The Bertz CT molecular complexity index is 600. The van der Waals surface area contributed by atoms with E-state index in [1.807, 2.05) is 16.4 Å². The van der Waals surface area contributed by atoms with Crippen molar-refractivity contribution in [1.29, 1.82) is 0 Å². The summed E-state index contributed by atoms with van der Waals surface area (Å²) in [6.45, 7) is 0. The Hall–Kier alpha value is -0.940. The molecule has 0 atom stereocenters. The van der Waals surface area contributed by atoms with E-state index in [4.69, 9.17) is 11.6 Å². The first kappa shape index (κ1) is 11.2. The summed E-state index contributed by atoms with van der Waals surface area (Å²) in [5.41, 5.74) is 0.680. The van der Waals surface area contributed by atoms with E-state index in [-0.39, 0.29) is 5.56 Å². The Kier molecular flexibility index (Phi) is 2.88. The van der Waals surface area contributed by atoms with E-state index >= 15 is 0 Å². The average molecular weight is 270 g/mol. The predicted molar refractivity (Wildman–Crippen MR) is 71.0 cm³/mol. The molecule has 1 fully saturated rings. The number of aromatic nitrogens is 3. The van der Waals surface area contributed by atoms with Gasteiger partial charge in [-0.3, -0.25) is 9.48 Å². The van der Waals surface area contributed by atoms with Crippen LogP contribution in [0, 0.1) is 0 Å². The number of rotatable bonds is 1. The molecule has 90 valence electrons. The summed E-state index contributed by atoms with van der Waals surface area (Å²) < 4.78 is 1.95. The first-order valence-corrected chi connectivity index (χ1v) is 7.13. The summed E-state index contributed by atoms with van der Waals surface area (Å²) in [5, 5.41) is 5.34. The number of nitrogens with one attached hydrogen (secondary N) is 1. The molecular weight excluding hydrogens is 258 g/mol. The maximum absolute atomic E-state index is 11.7. The fourth-order valence-corrected chi connectivity index (χ4v) is 3.51. The zero-order valence-corrected chi connectivity index (χ0v) is 10.7. The molecule has 0 saturated carbocycles. The van der Waals surface area contributed by atoms with Crippen LogP contribution in [0.4, 0.5) is 0 Å². The van der Waals surface area contributed by atoms with Crippen molar-refractivity contribution in [3.05, 3.63) is 27.8 Å². The predicted octanol–water partition coefficient (Wildman–Crippen LogP) is 2.45. The summed E-state index contributed by atoms with van der Waals surface area (Å²) in [6.07, 6.45) is 3.84. The van der Waals surface area contributed by atoms with Gasteiger partial charge in [-0.25, -0.2) is 0 Å². The topological polar surface area (TPSA) is 50.7 Å². The summed E-state index contributed by atoms with van der Waals surface area (Å²) in [6, 6.07) is 2.18. The van der Waals surface area contributed by atoms with Gasteiger partial charge in [0.15, 0.2) is 0 Å². The minimum atomic E-state index is -0.163. The molecule has 6 heteroatoms. The lowest BCUT2D eigenvalue weighted by atomic mass is 10.1. The summed E-state index contributed by atoms with van der Waals surface area (Å²) >= 11 is 7.86. The first-order chi connectivity index (χ1) is 8.25. The number of fused-ring (bicyclic) bond motifs is 1. The second-order valence-electron chi connectivity index (χ2n) is 4.18. The number of hydrogen-bond acceptors (Lipinski definition) is 3. The van der Waals surface area contributed by atoms with Crippen LogP contribution in [0.2, 0.25) is 5.15 Å². The van der Waals surface area contributed by atoms with Crippen LogP contribution < -0.4 is 5.56 Å². The lowest BCUT2D eigenvalue weighted by Crippen LogP contribution is -2.16. The molecule has 1 saturated heterocycles. The normalized spacial score (nSPS) is 17.7. The van der Waals surface area contributed by atoms with Crippen molar-refractivity contribution in [1.82, 2.24) is 14.8 Å². The van der Waals surface area contributed by atoms with E-state index in [0.29, 0.717) is 16.6 Å². The molecule has 3 rings (SSSR count). The van der Waals surface area contributed by atoms with Gasteiger partial charge in [-0.1, -0.05) is 11.6 Å². The number of H-pyrrole nitrogens is 1. The third-order valence-corrected chi connectivity index (χ3v) is 4.36. The SMILES string of the molecule is O=c1[nH]c(Cl)cc2c1cnn2C1CCSCC1. The zero-order valence-electron chi connectivity index (χ0n) is 9.15. The molecule has 0 bridgehead atoms. The highest BCUT2D eigenvalue weighted by Gasteiger charge is 2.19. The molecule has 4 nitrogen and oxygen atoms in total. The number of pyridine rings is 1. The van der Waals surface area contributed by atoms with Crippen molar-refractivity contribution in [2.75, 3.05) is 11.5 Å². The van der Waals surface area contributed by atoms with E-state index in [0.717, 1.165) is 29.9 Å². The Morgan fingerprint density at radius 2 is 2.24 bits per heavy atom. The van der Waals surface area contributed by atoms with Gasteiger partial charge in [-0.15, -0.1) is 0 Å². The van der Waals surface area contributed by atoms with Crippen molar-refractivity contribution in [2.24, 2.45) is 0 Å². The van der Waals surface area contributed by atoms with Crippen LogP contribution in [0.15, 0.2) is 17.1 Å². The van der Waals surface area contributed by atoms with Gasteiger partial charge < -0.3 is 4.98 Å². The molecule has 1 aliphatic heterocycles. The Morgan fingerprint density at radius 1 is 1.47 bits per heavy atom. The molecular formula is C11H12ClN3OS. The number of thioether (sulfide) groups is 1. The molecule has 0 aliphatic carbocycles. The van der Waals surface area contributed by atoms with E-state index in [1.165, 1.54) is 0 Å². The highest BCUT2D eigenvalue weighted by atomic mass is 35.5. The molecule has 3 heterocycles. The van der Waals surface area contributed by atoms with Gasteiger partial charge in [0.25, 0.3) is 5.56 Å². The Morgan fingerprint density at radius 3 is 3.00 bits per heavy atom. The molecule has 2 aromatic rings. The van der Waals surface area contributed by atoms with Crippen LogP contribution in [0.25, 0.3) is 10.9 Å². The fraction of sp³-hybridized carbons (Fsp3) is 0.455. The highest BCUT2D eigenvalue weighted by molar-refractivity contribution is 7.99. The van der Waals surface area contributed by atoms with Gasteiger partial charge in [0.05, 0.1) is 23.1 Å². The molecule has 1 N–H and O–H groups in total. The van der Waals surface area contributed by atoms with Crippen molar-refractivity contribution >= 4 is 34.3 Å². The van der Waals surface area contributed by atoms with Gasteiger partial charge in [-0.2, -0.15) is 16.9 Å². The third-order valence-electron chi connectivity index (χ3n) is 3.11. The smallest absolute Gasteiger partial charge is 0.260 e. The van der Waals surface area contributed by atoms with Crippen molar-refractivity contribution < 1.29 is 0 Å². The van der Waals surface area contributed by atoms with Gasteiger partial charge in [0, 0.05) is 0 Å². The van der Waals surface area contributed by atoms with E-state index in [1.54, 1.807) is 12.3 Å². The van der Waals surface area contributed by atoms with Crippen molar-refractivity contribution in [3.63, 3.8) is 0 Å². The minimum Gasteiger partial charge on any atom is -0.312 e. The second-order valence-corrected chi connectivity index (χ2v) is 5.81. The highest BCUT2D eigenvalue weighted by Crippen LogP contribution is 2.29.